The standard InChI is InChI=1S/C9H11BrO2S/c1-12-8-5-6(2-3-13)4-7(10)9(8)11/h4-5,11,13H,2-3H2,1H3. The number of hydrogen-bond acceptors (Lipinski definition) is 3. The first-order chi connectivity index (χ1) is 6.19. The van der Waals surface area contributed by atoms with Crippen molar-refractivity contribution in [2.24, 2.45) is 0 Å². The van der Waals surface area contributed by atoms with Crippen molar-refractivity contribution < 1.29 is 9.84 Å². The third kappa shape index (κ3) is 2.54. The lowest BCUT2D eigenvalue weighted by atomic mass is 10.1. The van der Waals surface area contributed by atoms with Crippen LogP contribution in [0.1, 0.15) is 5.56 Å². The van der Waals surface area contributed by atoms with Crippen LogP contribution in [-0.2, 0) is 6.42 Å². The molecular formula is C9H11BrO2S. The van der Waals surface area contributed by atoms with E-state index in [0.29, 0.717) is 10.2 Å². The summed E-state index contributed by atoms with van der Waals surface area (Å²) in [5.41, 5.74) is 1.09. The summed E-state index contributed by atoms with van der Waals surface area (Å²) in [6, 6.07) is 3.68. The zero-order chi connectivity index (χ0) is 9.84. The van der Waals surface area contributed by atoms with Gasteiger partial charge in [0, 0.05) is 0 Å². The normalized spacial score (nSPS) is 10.1. The van der Waals surface area contributed by atoms with E-state index in [-0.39, 0.29) is 5.75 Å². The molecule has 1 rings (SSSR count). The van der Waals surface area contributed by atoms with Crippen LogP contribution in [0.4, 0.5) is 0 Å². The average Bonchev–Trinajstić information content (AvgIpc) is 2.11. The molecule has 0 aliphatic rings. The molecule has 1 aromatic rings. The first-order valence-electron chi connectivity index (χ1n) is 3.85. The van der Waals surface area contributed by atoms with E-state index in [0.717, 1.165) is 17.7 Å². The Kier molecular flexibility index (Phi) is 3.93. The highest BCUT2D eigenvalue weighted by Gasteiger charge is 2.07. The molecule has 4 heteroatoms. The zero-order valence-electron chi connectivity index (χ0n) is 7.25. The molecule has 1 aromatic carbocycles. The number of thiol groups is 1. The van der Waals surface area contributed by atoms with Crippen LogP contribution in [-0.4, -0.2) is 18.0 Å². The quantitative estimate of drug-likeness (QED) is 0.821. The Morgan fingerprint density at radius 2 is 2.23 bits per heavy atom. The Morgan fingerprint density at radius 1 is 1.54 bits per heavy atom. The summed E-state index contributed by atoms with van der Waals surface area (Å²) in [6.45, 7) is 0. The number of aryl methyl sites for hydroxylation is 1. The number of phenols is 1. The fourth-order valence-electron chi connectivity index (χ4n) is 1.06. The fourth-order valence-corrected chi connectivity index (χ4v) is 1.80. The minimum Gasteiger partial charge on any atom is -0.503 e. The molecule has 1 N–H and O–H groups in total. The minimum absolute atomic E-state index is 0.144. The first-order valence-corrected chi connectivity index (χ1v) is 5.27. The van der Waals surface area contributed by atoms with Gasteiger partial charge in [-0.3, -0.25) is 0 Å². The molecular weight excluding hydrogens is 252 g/mol. The molecule has 0 saturated carbocycles. The van der Waals surface area contributed by atoms with Crippen LogP contribution in [0.25, 0.3) is 0 Å². The number of methoxy groups -OCH3 is 1. The lowest BCUT2D eigenvalue weighted by Crippen LogP contribution is -1.90. The van der Waals surface area contributed by atoms with E-state index in [2.05, 4.69) is 28.6 Å². The Bertz CT molecular complexity index is 302. The number of aromatic hydroxyl groups is 1. The fraction of sp³-hybridized carbons (Fsp3) is 0.333. The van der Waals surface area contributed by atoms with Crippen molar-refractivity contribution >= 4 is 28.6 Å². The molecule has 0 amide bonds. The predicted molar refractivity (Wildman–Crippen MR) is 59.9 cm³/mol. The van der Waals surface area contributed by atoms with E-state index < -0.39 is 0 Å². The largest absolute Gasteiger partial charge is 0.503 e. The molecule has 0 radical (unpaired) electrons. The van der Waals surface area contributed by atoms with Crippen molar-refractivity contribution in [1.29, 1.82) is 0 Å². The average molecular weight is 263 g/mol. The first kappa shape index (κ1) is 10.7. The highest BCUT2D eigenvalue weighted by Crippen LogP contribution is 2.35. The molecule has 0 aromatic heterocycles. The van der Waals surface area contributed by atoms with Crippen LogP contribution in [0.15, 0.2) is 16.6 Å². The smallest absolute Gasteiger partial charge is 0.172 e. The zero-order valence-corrected chi connectivity index (χ0v) is 9.73. The Hall–Kier alpha value is -0.350. The second kappa shape index (κ2) is 4.77. The Morgan fingerprint density at radius 3 is 2.77 bits per heavy atom. The molecule has 0 aliphatic carbocycles. The molecule has 0 fully saturated rings. The summed E-state index contributed by atoms with van der Waals surface area (Å²) in [7, 11) is 1.53. The molecule has 0 atom stereocenters. The summed E-state index contributed by atoms with van der Waals surface area (Å²) in [6.07, 6.45) is 0.859. The maximum Gasteiger partial charge on any atom is 0.172 e. The van der Waals surface area contributed by atoms with Crippen LogP contribution in [0.3, 0.4) is 0 Å². The third-order valence-electron chi connectivity index (χ3n) is 1.71. The van der Waals surface area contributed by atoms with Gasteiger partial charge >= 0.3 is 0 Å². The Balaban J connectivity index is 3.06. The van der Waals surface area contributed by atoms with E-state index >= 15 is 0 Å². The van der Waals surface area contributed by atoms with Gasteiger partial charge in [0.2, 0.25) is 0 Å². The van der Waals surface area contributed by atoms with Gasteiger partial charge in [0.05, 0.1) is 11.6 Å². The summed E-state index contributed by atoms with van der Waals surface area (Å²) in [5, 5.41) is 9.50. The highest BCUT2D eigenvalue weighted by molar-refractivity contribution is 9.10. The maximum absolute atomic E-state index is 9.50. The van der Waals surface area contributed by atoms with Crippen molar-refractivity contribution in [3.63, 3.8) is 0 Å². The van der Waals surface area contributed by atoms with Crippen molar-refractivity contribution in [1.82, 2.24) is 0 Å². The van der Waals surface area contributed by atoms with E-state index in [9.17, 15) is 5.11 Å². The number of ether oxygens (including phenoxy) is 1. The van der Waals surface area contributed by atoms with E-state index in [4.69, 9.17) is 4.74 Å². The third-order valence-corrected chi connectivity index (χ3v) is 2.54. The van der Waals surface area contributed by atoms with Gasteiger partial charge in [-0.2, -0.15) is 12.6 Å². The monoisotopic (exact) mass is 262 g/mol. The van der Waals surface area contributed by atoms with E-state index in [1.807, 2.05) is 12.1 Å². The van der Waals surface area contributed by atoms with Gasteiger partial charge in [-0.25, -0.2) is 0 Å². The van der Waals surface area contributed by atoms with E-state index in [1.165, 1.54) is 7.11 Å². The summed E-state index contributed by atoms with van der Waals surface area (Å²) >= 11 is 7.39. The van der Waals surface area contributed by atoms with Crippen LogP contribution >= 0.6 is 28.6 Å². The SMILES string of the molecule is COc1cc(CCS)cc(Br)c1O. The second-order valence-corrected chi connectivity index (χ2v) is 3.90. The molecule has 0 unspecified atom stereocenters. The van der Waals surface area contributed by atoms with Gasteiger partial charge in [0.1, 0.15) is 0 Å². The van der Waals surface area contributed by atoms with Gasteiger partial charge < -0.3 is 9.84 Å². The maximum atomic E-state index is 9.50. The molecule has 0 bridgehead atoms. The molecule has 0 spiro atoms. The van der Waals surface area contributed by atoms with Crippen LogP contribution < -0.4 is 4.74 Å². The lowest BCUT2D eigenvalue weighted by Gasteiger charge is -2.07. The number of halogens is 1. The van der Waals surface area contributed by atoms with Gasteiger partial charge in [0.25, 0.3) is 0 Å². The van der Waals surface area contributed by atoms with Gasteiger partial charge in [-0.1, -0.05) is 0 Å². The lowest BCUT2D eigenvalue weighted by molar-refractivity contribution is 0.371. The van der Waals surface area contributed by atoms with Crippen molar-refractivity contribution in [3.8, 4) is 11.5 Å². The highest BCUT2D eigenvalue weighted by atomic mass is 79.9. The van der Waals surface area contributed by atoms with Gasteiger partial charge in [-0.05, 0) is 45.8 Å². The van der Waals surface area contributed by atoms with Crippen LogP contribution in [0.2, 0.25) is 0 Å². The number of hydrogen-bond donors (Lipinski definition) is 2. The van der Waals surface area contributed by atoms with Gasteiger partial charge in [-0.15, -0.1) is 0 Å². The molecule has 2 nitrogen and oxygen atoms in total. The second-order valence-electron chi connectivity index (χ2n) is 2.60. The Labute approximate surface area is 91.5 Å². The molecule has 13 heavy (non-hydrogen) atoms. The number of benzene rings is 1. The predicted octanol–water partition coefficient (Wildman–Crippen LogP) is 2.64. The molecule has 72 valence electrons. The van der Waals surface area contributed by atoms with Crippen molar-refractivity contribution in [2.75, 3.05) is 12.9 Å². The number of rotatable bonds is 3. The van der Waals surface area contributed by atoms with Crippen LogP contribution in [0, 0.1) is 0 Å². The summed E-state index contributed by atoms with van der Waals surface area (Å²) in [5.74, 6) is 1.41. The molecule has 0 saturated heterocycles. The van der Waals surface area contributed by atoms with Crippen molar-refractivity contribution in [2.45, 2.75) is 6.42 Å². The summed E-state index contributed by atoms with van der Waals surface area (Å²) < 4.78 is 5.66. The van der Waals surface area contributed by atoms with Crippen LogP contribution in [0.5, 0.6) is 11.5 Å². The molecule has 0 aliphatic heterocycles. The van der Waals surface area contributed by atoms with Gasteiger partial charge in [0.15, 0.2) is 11.5 Å². The molecule has 0 heterocycles. The number of phenolic OH excluding ortho intramolecular Hbond substituents is 1. The van der Waals surface area contributed by atoms with Crippen molar-refractivity contribution in [3.05, 3.63) is 22.2 Å². The summed E-state index contributed by atoms with van der Waals surface area (Å²) in [4.78, 5) is 0. The van der Waals surface area contributed by atoms with E-state index in [1.54, 1.807) is 0 Å². The minimum atomic E-state index is 0.144. The topological polar surface area (TPSA) is 29.5 Å².